The van der Waals surface area contributed by atoms with E-state index in [1.54, 1.807) is 13.3 Å². The molecule has 0 amide bonds. The number of methoxy groups -OCH3 is 1. The molecule has 4 nitrogen and oxygen atoms in total. The maximum Gasteiger partial charge on any atom is 0.271 e. The first-order valence-corrected chi connectivity index (χ1v) is 4.26. The van der Waals surface area contributed by atoms with E-state index in [0.717, 1.165) is 18.8 Å². The van der Waals surface area contributed by atoms with Gasteiger partial charge in [-0.25, -0.2) is 0 Å². The number of hydrogen-bond donors (Lipinski definition) is 1. The zero-order chi connectivity index (χ0) is 9.26. The fourth-order valence-corrected chi connectivity index (χ4v) is 1.45. The second kappa shape index (κ2) is 3.22. The molecule has 0 spiro atoms. The minimum absolute atomic E-state index is 0.0305. The maximum atomic E-state index is 11.3. The largest absolute Gasteiger partial charge is 0.378 e. The van der Waals surface area contributed by atoms with Crippen LogP contribution >= 0.6 is 0 Å². The molecular weight excluding hydrogens is 168 g/mol. The summed E-state index contributed by atoms with van der Waals surface area (Å²) in [5.41, 5.74) is 0.702. The lowest BCUT2D eigenvalue weighted by atomic mass is 10.1. The molecule has 1 N–H and O–H groups in total. The number of aromatic amines is 1. The highest BCUT2D eigenvalue weighted by atomic mass is 16.5. The van der Waals surface area contributed by atoms with Crippen molar-refractivity contribution in [2.45, 2.75) is 6.10 Å². The Morgan fingerprint density at radius 2 is 2.38 bits per heavy atom. The van der Waals surface area contributed by atoms with Crippen LogP contribution in [0.4, 0.5) is 5.69 Å². The maximum absolute atomic E-state index is 11.3. The Bertz CT molecular complexity index is 341. The Balaban J connectivity index is 2.12. The standard InChI is InChI=1S/C9H12N2O2/c1-13-7-5-11(6-7)8-3-2-4-10-9(8)12/h2-4,7H,5-6H2,1H3,(H,10,12). The van der Waals surface area contributed by atoms with Crippen molar-refractivity contribution in [2.75, 3.05) is 25.1 Å². The smallest absolute Gasteiger partial charge is 0.271 e. The molecule has 1 aliphatic rings. The zero-order valence-corrected chi connectivity index (χ0v) is 7.49. The summed E-state index contributed by atoms with van der Waals surface area (Å²) in [6.45, 7) is 1.62. The van der Waals surface area contributed by atoms with Crippen molar-refractivity contribution in [3.63, 3.8) is 0 Å². The van der Waals surface area contributed by atoms with Crippen LogP contribution in [-0.4, -0.2) is 31.3 Å². The van der Waals surface area contributed by atoms with Crippen LogP contribution in [0.1, 0.15) is 0 Å². The second-order valence-corrected chi connectivity index (χ2v) is 3.15. The third-order valence-electron chi connectivity index (χ3n) is 2.32. The van der Waals surface area contributed by atoms with Crippen molar-refractivity contribution < 1.29 is 4.74 Å². The van der Waals surface area contributed by atoms with Gasteiger partial charge in [0.1, 0.15) is 5.69 Å². The predicted octanol–water partition coefficient (Wildman–Crippen LogP) is 0.210. The van der Waals surface area contributed by atoms with Crippen molar-refractivity contribution in [3.8, 4) is 0 Å². The van der Waals surface area contributed by atoms with E-state index in [2.05, 4.69) is 4.98 Å². The highest BCUT2D eigenvalue weighted by molar-refractivity contribution is 5.46. The fraction of sp³-hybridized carbons (Fsp3) is 0.444. The van der Waals surface area contributed by atoms with Gasteiger partial charge in [0.15, 0.2) is 0 Å². The fourth-order valence-electron chi connectivity index (χ4n) is 1.45. The molecule has 1 aromatic rings. The first-order chi connectivity index (χ1) is 6.31. The number of aromatic nitrogens is 1. The van der Waals surface area contributed by atoms with Crippen LogP contribution in [0.15, 0.2) is 23.1 Å². The van der Waals surface area contributed by atoms with E-state index in [1.807, 2.05) is 17.0 Å². The predicted molar refractivity (Wildman–Crippen MR) is 50.1 cm³/mol. The van der Waals surface area contributed by atoms with E-state index >= 15 is 0 Å². The molecule has 0 radical (unpaired) electrons. The van der Waals surface area contributed by atoms with Crippen LogP contribution in [0, 0.1) is 0 Å². The third kappa shape index (κ3) is 1.45. The van der Waals surface area contributed by atoms with Crippen LogP contribution < -0.4 is 10.5 Å². The van der Waals surface area contributed by atoms with Gasteiger partial charge in [0.05, 0.1) is 6.10 Å². The first kappa shape index (κ1) is 8.31. The molecule has 0 unspecified atom stereocenters. The lowest BCUT2D eigenvalue weighted by Crippen LogP contribution is -2.53. The monoisotopic (exact) mass is 180 g/mol. The van der Waals surface area contributed by atoms with Gasteiger partial charge in [-0.1, -0.05) is 0 Å². The van der Waals surface area contributed by atoms with Crippen molar-refractivity contribution in [2.24, 2.45) is 0 Å². The van der Waals surface area contributed by atoms with Crippen molar-refractivity contribution in [1.82, 2.24) is 4.98 Å². The number of nitrogens with one attached hydrogen (secondary N) is 1. The third-order valence-corrected chi connectivity index (χ3v) is 2.32. The summed E-state index contributed by atoms with van der Waals surface area (Å²) >= 11 is 0. The zero-order valence-electron chi connectivity index (χ0n) is 7.49. The van der Waals surface area contributed by atoms with Gasteiger partial charge in [0.2, 0.25) is 0 Å². The number of rotatable bonds is 2. The van der Waals surface area contributed by atoms with Gasteiger partial charge in [0, 0.05) is 26.4 Å². The number of nitrogens with zero attached hydrogens (tertiary/aromatic N) is 1. The Kier molecular flexibility index (Phi) is 2.06. The average Bonchev–Trinajstić information content (AvgIpc) is 2.06. The molecule has 0 atom stereocenters. The number of ether oxygens (including phenoxy) is 1. The first-order valence-electron chi connectivity index (χ1n) is 4.26. The van der Waals surface area contributed by atoms with Crippen molar-refractivity contribution in [1.29, 1.82) is 0 Å². The molecule has 1 aromatic heterocycles. The van der Waals surface area contributed by atoms with Gasteiger partial charge in [-0.15, -0.1) is 0 Å². The van der Waals surface area contributed by atoms with Gasteiger partial charge in [0.25, 0.3) is 5.56 Å². The second-order valence-electron chi connectivity index (χ2n) is 3.15. The van der Waals surface area contributed by atoms with Crippen LogP contribution in [0.3, 0.4) is 0 Å². The highest BCUT2D eigenvalue weighted by Crippen LogP contribution is 2.17. The van der Waals surface area contributed by atoms with Crippen LogP contribution in [0.5, 0.6) is 0 Å². The van der Waals surface area contributed by atoms with E-state index in [4.69, 9.17) is 4.74 Å². The number of H-pyrrole nitrogens is 1. The summed E-state index contributed by atoms with van der Waals surface area (Å²) in [6.07, 6.45) is 1.92. The molecule has 0 saturated carbocycles. The molecule has 1 fully saturated rings. The number of hydrogen-bond acceptors (Lipinski definition) is 3. The summed E-state index contributed by atoms with van der Waals surface area (Å²) in [5, 5.41) is 0. The number of pyridine rings is 1. The summed E-state index contributed by atoms with van der Waals surface area (Å²) in [7, 11) is 1.69. The Labute approximate surface area is 76.1 Å². The lowest BCUT2D eigenvalue weighted by Gasteiger charge is -2.39. The molecule has 13 heavy (non-hydrogen) atoms. The minimum Gasteiger partial charge on any atom is -0.378 e. The molecule has 0 bridgehead atoms. The van der Waals surface area contributed by atoms with Crippen molar-refractivity contribution in [3.05, 3.63) is 28.7 Å². The quantitative estimate of drug-likeness (QED) is 0.707. The Morgan fingerprint density at radius 1 is 1.62 bits per heavy atom. The Morgan fingerprint density at radius 3 is 3.00 bits per heavy atom. The van der Waals surface area contributed by atoms with Crippen LogP contribution in [-0.2, 0) is 4.74 Å². The summed E-state index contributed by atoms with van der Waals surface area (Å²) in [4.78, 5) is 16.0. The number of anilines is 1. The van der Waals surface area contributed by atoms with Gasteiger partial charge in [-0.05, 0) is 12.1 Å². The summed E-state index contributed by atoms with van der Waals surface area (Å²) in [5.74, 6) is 0. The van der Waals surface area contributed by atoms with Gasteiger partial charge < -0.3 is 14.6 Å². The van der Waals surface area contributed by atoms with E-state index < -0.39 is 0 Å². The van der Waals surface area contributed by atoms with Gasteiger partial charge in [-0.2, -0.15) is 0 Å². The molecule has 0 aromatic carbocycles. The van der Waals surface area contributed by atoms with Crippen LogP contribution in [0.2, 0.25) is 0 Å². The SMILES string of the molecule is COC1CN(c2ccc[nH]c2=O)C1. The molecular formula is C9H12N2O2. The molecule has 0 aliphatic carbocycles. The van der Waals surface area contributed by atoms with E-state index in [9.17, 15) is 4.79 Å². The lowest BCUT2D eigenvalue weighted by molar-refractivity contribution is 0.0786. The van der Waals surface area contributed by atoms with Gasteiger partial charge >= 0.3 is 0 Å². The van der Waals surface area contributed by atoms with E-state index in [-0.39, 0.29) is 11.7 Å². The Hall–Kier alpha value is -1.29. The summed E-state index contributed by atoms with van der Waals surface area (Å²) < 4.78 is 5.12. The molecule has 70 valence electrons. The highest BCUT2D eigenvalue weighted by Gasteiger charge is 2.27. The normalized spacial score (nSPS) is 17.2. The van der Waals surface area contributed by atoms with Crippen molar-refractivity contribution >= 4 is 5.69 Å². The van der Waals surface area contributed by atoms with E-state index in [1.165, 1.54) is 0 Å². The molecule has 4 heteroatoms. The van der Waals surface area contributed by atoms with Gasteiger partial charge in [-0.3, -0.25) is 4.79 Å². The summed E-state index contributed by atoms with van der Waals surface area (Å²) in [6, 6.07) is 3.65. The molecule has 1 saturated heterocycles. The van der Waals surface area contributed by atoms with E-state index in [0.29, 0.717) is 0 Å². The molecule has 2 heterocycles. The van der Waals surface area contributed by atoms with Crippen LogP contribution in [0.25, 0.3) is 0 Å². The average molecular weight is 180 g/mol. The molecule has 1 aliphatic heterocycles. The minimum atomic E-state index is -0.0305. The topological polar surface area (TPSA) is 45.3 Å². The molecule has 2 rings (SSSR count).